The summed E-state index contributed by atoms with van der Waals surface area (Å²) in [7, 11) is 0. The first-order chi connectivity index (χ1) is 7.85. The van der Waals surface area contributed by atoms with E-state index >= 15 is 0 Å². The van der Waals surface area contributed by atoms with Crippen LogP contribution in [0.4, 0.5) is 0 Å². The normalized spacial score (nSPS) is 24.5. The third kappa shape index (κ3) is 4.22. The molecule has 4 nitrogen and oxygen atoms in total. The van der Waals surface area contributed by atoms with Crippen LogP contribution in [0.3, 0.4) is 0 Å². The number of ether oxygens (including phenoxy) is 2. The highest BCUT2D eigenvalue weighted by Crippen LogP contribution is 2.32. The predicted octanol–water partition coefficient (Wildman–Crippen LogP) is 1.87. The van der Waals surface area contributed by atoms with Gasteiger partial charge in [0.25, 0.3) is 0 Å². The Morgan fingerprint density at radius 1 is 1.18 bits per heavy atom. The fourth-order valence-corrected chi connectivity index (χ4v) is 3.03. The molecule has 0 aromatic rings. The smallest absolute Gasteiger partial charge is 0.311 e. The van der Waals surface area contributed by atoms with Crippen LogP contribution in [0.2, 0.25) is 0 Å². The molecule has 0 aromatic carbocycles. The molecule has 17 heavy (non-hydrogen) atoms. The number of hydrogen-bond donors (Lipinski definition) is 0. The average Bonchev–Trinajstić information content (AvgIpc) is 2.63. The van der Waals surface area contributed by atoms with Crippen LogP contribution in [-0.2, 0) is 19.1 Å². The molecule has 2 atom stereocenters. The molecule has 0 spiro atoms. The summed E-state index contributed by atoms with van der Waals surface area (Å²) in [4.78, 5) is 23.6. The Bertz CT molecular complexity index is 295. The maximum atomic E-state index is 11.9. The highest BCUT2D eigenvalue weighted by molar-refractivity contribution is 7.99. The summed E-state index contributed by atoms with van der Waals surface area (Å²) < 4.78 is 10.3. The number of hydrogen-bond acceptors (Lipinski definition) is 5. The molecule has 0 aliphatic carbocycles. The minimum atomic E-state index is -0.510. The Morgan fingerprint density at radius 2 is 1.71 bits per heavy atom. The van der Waals surface area contributed by atoms with Crippen molar-refractivity contribution in [1.82, 2.24) is 0 Å². The number of esters is 2. The SMILES string of the molecule is CCOC(=O)C1CSCC1C(=O)OC(C)(C)C. The second kappa shape index (κ2) is 5.76. The van der Waals surface area contributed by atoms with Gasteiger partial charge in [-0.1, -0.05) is 0 Å². The fourth-order valence-electron chi connectivity index (χ4n) is 1.65. The zero-order valence-corrected chi connectivity index (χ0v) is 11.6. The zero-order chi connectivity index (χ0) is 13.1. The van der Waals surface area contributed by atoms with E-state index < -0.39 is 5.60 Å². The van der Waals surface area contributed by atoms with Crippen molar-refractivity contribution < 1.29 is 19.1 Å². The lowest BCUT2D eigenvalue weighted by atomic mass is 9.96. The van der Waals surface area contributed by atoms with Gasteiger partial charge >= 0.3 is 11.9 Å². The van der Waals surface area contributed by atoms with Gasteiger partial charge < -0.3 is 9.47 Å². The van der Waals surface area contributed by atoms with E-state index in [-0.39, 0.29) is 23.8 Å². The van der Waals surface area contributed by atoms with Gasteiger partial charge in [0.1, 0.15) is 5.60 Å². The molecular weight excluding hydrogens is 240 g/mol. The highest BCUT2D eigenvalue weighted by Gasteiger charge is 2.41. The topological polar surface area (TPSA) is 52.6 Å². The van der Waals surface area contributed by atoms with Crippen molar-refractivity contribution in [2.24, 2.45) is 11.8 Å². The van der Waals surface area contributed by atoms with Gasteiger partial charge in [-0.15, -0.1) is 0 Å². The van der Waals surface area contributed by atoms with Crippen molar-refractivity contribution in [2.75, 3.05) is 18.1 Å². The average molecular weight is 260 g/mol. The van der Waals surface area contributed by atoms with Crippen LogP contribution in [-0.4, -0.2) is 35.7 Å². The summed E-state index contributed by atoms with van der Waals surface area (Å²) in [5, 5.41) is 0. The molecule has 1 fully saturated rings. The van der Waals surface area contributed by atoms with Crippen LogP contribution < -0.4 is 0 Å². The minimum absolute atomic E-state index is 0.284. The quantitative estimate of drug-likeness (QED) is 0.725. The van der Waals surface area contributed by atoms with Crippen molar-refractivity contribution in [2.45, 2.75) is 33.3 Å². The summed E-state index contributed by atoms with van der Waals surface area (Å²) in [5.74, 6) is -0.0109. The molecule has 1 aliphatic heterocycles. The zero-order valence-electron chi connectivity index (χ0n) is 10.8. The molecular formula is C12H20O4S. The molecule has 98 valence electrons. The Hall–Kier alpha value is -0.710. The van der Waals surface area contributed by atoms with Crippen LogP contribution in [0, 0.1) is 11.8 Å². The highest BCUT2D eigenvalue weighted by atomic mass is 32.2. The van der Waals surface area contributed by atoms with Gasteiger partial charge in [0.2, 0.25) is 0 Å². The van der Waals surface area contributed by atoms with E-state index in [1.807, 2.05) is 20.8 Å². The van der Waals surface area contributed by atoms with Crippen molar-refractivity contribution >= 4 is 23.7 Å². The summed E-state index contributed by atoms with van der Waals surface area (Å²) in [5.41, 5.74) is -0.510. The van der Waals surface area contributed by atoms with Crippen molar-refractivity contribution in [1.29, 1.82) is 0 Å². The van der Waals surface area contributed by atoms with E-state index in [9.17, 15) is 9.59 Å². The Kier molecular flexibility index (Phi) is 4.86. The Balaban J connectivity index is 2.63. The summed E-state index contributed by atoms with van der Waals surface area (Å²) in [6.07, 6.45) is 0. The fraction of sp³-hybridized carbons (Fsp3) is 0.833. The molecule has 5 heteroatoms. The summed E-state index contributed by atoms with van der Waals surface area (Å²) in [6, 6.07) is 0. The standard InChI is InChI=1S/C12H20O4S/c1-5-15-10(13)8-6-17-7-9(8)11(14)16-12(2,3)4/h8-9H,5-7H2,1-4H3. The van der Waals surface area contributed by atoms with Crippen molar-refractivity contribution in [3.8, 4) is 0 Å². The molecule has 1 saturated heterocycles. The largest absolute Gasteiger partial charge is 0.466 e. The van der Waals surface area contributed by atoms with E-state index in [1.165, 1.54) is 0 Å². The molecule has 1 aliphatic rings. The lowest BCUT2D eigenvalue weighted by Gasteiger charge is -2.23. The van der Waals surface area contributed by atoms with Gasteiger partial charge in [0.15, 0.2) is 0 Å². The maximum absolute atomic E-state index is 11.9. The van der Waals surface area contributed by atoms with E-state index in [1.54, 1.807) is 18.7 Å². The summed E-state index contributed by atoms with van der Waals surface area (Å²) >= 11 is 1.60. The number of carbonyl (C=O) groups is 2. The maximum Gasteiger partial charge on any atom is 0.311 e. The number of thioether (sulfide) groups is 1. The monoisotopic (exact) mass is 260 g/mol. The first kappa shape index (κ1) is 14.4. The number of rotatable bonds is 3. The Morgan fingerprint density at radius 3 is 2.18 bits per heavy atom. The van der Waals surface area contributed by atoms with Gasteiger partial charge in [0.05, 0.1) is 18.4 Å². The van der Waals surface area contributed by atoms with Gasteiger partial charge in [-0.05, 0) is 27.7 Å². The minimum Gasteiger partial charge on any atom is -0.466 e. The molecule has 0 amide bonds. The van der Waals surface area contributed by atoms with Crippen molar-refractivity contribution in [3.63, 3.8) is 0 Å². The van der Waals surface area contributed by atoms with Gasteiger partial charge in [-0.2, -0.15) is 11.8 Å². The molecule has 0 aromatic heterocycles. The van der Waals surface area contributed by atoms with E-state index in [0.29, 0.717) is 18.1 Å². The lowest BCUT2D eigenvalue weighted by molar-refractivity contribution is -0.165. The predicted molar refractivity (Wildman–Crippen MR) is 66.8 cm³/mol. The van der Waals surface area contributed by atoms with Crippen LogP contribution >= 0.6 is 11.8 Å². The first-order valence-corrected chi connectivity index (χ1v) is 6.98. The van der Waals surface area contributed by atoms with E-state index in [4.69, 9.17) is 9.47 Å². The third-order valence-corrected chi connectivity index (χ3v) is 3.57. The molecule has 0 bridgehead atoms. The summed E-state index contributed by atoms with van der Waals surface area (Å²) in [6.45, 7) is 7.59. The molecule has 1 heterocycles. The van der Waals surface area contributed by atoms with E-state index in [0.717, 1.165) is 0 Å². The number of carbonyl (C=O) groups excluding carboxylic acids is 2. The lowest BCUT2D eigenvalue weighted by Crippen LogP contribution is -2.35. The van der Waals surface area contributed by atoms with Crippen molar-refractivity contribution in [3.05, 3.63) is 0 Å². The molecule has 1 rings (SSSR count). The van der Waals surface area contributed by atoms with Crippen LogP contribution in [0.1, 0.15) is 27.7 Å². The molecule has 0 N–H and O–H groups in total. The van der Waals surface area contributed by atoms with Gasteiger partial charge in [-0.3, -0.25) is 9.59 Å². The second-order valence-electron chi connectivity index (χ2n) is 5.04. The van der Waals surface area contributed by atoms with Gasteiger partial charge in [0, 0.05) is 11.5 Å². The molecule has 0 radical (unpaired) electrons. The third-order valence-electron chi connectivity index (χ3n) is 2.38. The van der Waals surface area contributed by atoms with Gasteiger partial charge in [-0.25, -0.2) is 0 Å². The second-order valence-corrected chi connectivity index (χ2v) is 6.11. The Labute approximate surface area is 106 Å². The van der Waals surface area contributed by atoms with Crippen LogP contribution in [0.15, 0.2) is 0 Å². The van der Waals surface area contributed by atoms with E-state index in [2.05, 4.69) is 0 Å². The molecule has 0 saturated carbocycles. The van der Waals surface area contributed by atoms with Crippen LogP contribution in [0.5, 0.6) is 0 Å². The molecule has 2 unspecified atom stereocenters. The van der Waals surface area contributed by atoms with Crippen LogP contribution in [0.25, 0.3) is 0 Å². The first-order valence-electron chi connectivity index (χ1n) is 5.82.